The van der Waals surface area contributed by atoms with Gasteiger partial charge in [-0.1, -0.05) is 6.92 Å². The van der Waals surface area contributed by atoms with Crippen LogP contribution in [0.15, 0.2) is 11.5 Å². The zero-order valence-corrected chi connectivity index (χ0v) is 15.9. The summed E-state index contributed by atoms with van der Waals surface area (Å²) >= 11 is 0. The van der Waals surface area contributed by atoms with Crippen molar-refractivity contribution in [3.63, 3.8) is 0 Å². The lowest BCUT2D eigenvalue weighted by atomic mass is 9.99. The molecule has 0 bridgehead atoms. The van der Waals surface area contributed by atoms with Crippen LogP contribution < -0.4 is 5.32 Å². The Morgan fingerprint density at radius 1 is 1.35 bits per heavy atom. The van der Waals surface area contributed by atoms with Crippen LogP contribution in [-0.4, -0.2) is 64.3 Å². The fraction of sp³-hybridized carbons (Fsp3) is 0.750. The van der Waals surface area contributed by atoms with E-state index in [1.54, 1.807) is 4.68 Å². The second-order valence-corrected chi connectivity index (χ2v) is 9.14. The van der Waals surface area contributed by atoms with E-state index in [2.05, 4.69) is 32.7 Å². The van der Waals surface area contributed by atoms with Crippen molar-refractivity contribution in [3.05, 3.63) is 17.3 Å². The average Bonchev–Trinajstić information content (AvgIpc) is 3.16. The lowest BCUT2D eigenvalue weighted by Crippen LogP contribution is -2.35. The van der Waals surface area contributed by atoms with Gasteiger partial charge in [0.1, 0.15) is 0 Å². The fourth-order valence-electron chi connectivity index (χ4n) is 3.26. The zero-order valence-electron chi connectivity index (χ0n) is 15.0. The highest BCUT2D eigenvalue weighted by Crippen LogP contribution is 2.17. The third-order valence-electron chi connectivity index (χ3n) is 4.90. The maximum atomic E-state index is 12.0. The first kappa shape index (κ1) is 19.0. The molecule has 0 aliphatic carbocycles. The van der Waals surface area contributed by atoms with Crippen LogP contribution in [0.25, 0.3) is 0 Å². The van der Waals surface area contributed by atoms with Crippen molar-refractivity contribution < 1.29 is 13.2 Å². The van der Waals surface area contributed by atoms with Gasteiger partial charge in [0.2, 0.25) is 5.91 Å². The van der Waals surface area contributed by atoms with Crippen molar-refractivity contribution in [3.8, 4) is 0 Å². The number of sulfone groups is 1. The molecule has 1 atom stereocenters. The van der Waals surface area contributed by atoms with Crippen LogP contribution in [0.2, 0.25) is 0 Å². The van der Waals surface area contributed by atoms with Crippen LogP contribution in [0.3, 0.4) is 0 Å². The maximum absolute atomic E-state index is 12.0. The Morgan fingerprint density at radius 3 is 2.81 bits per heavy atom. The predicted molar refractivity (Wildman–Crippen MR) is 95.6 cm³/mol. The van der Waals surface area contributed by atoms with E-state index in [1.807, 2.05) is 0 Å². The highest BCUT2D eigenvalue weighted by molar-refractivity contribution is 7.94. The molecule has 144 valence electrons. The summed E-state index contributed by atoms with van der Waals surface area (Å²) in [4.78, 5) is 14.3. The Labute approximate surface area is 153 Å². The molecule has 1 aromatic heterocycles. The van der Waals surface area contributed by atoms with Crippen molar-refractivity contribution in [2.45, 2.75) is 51.7 Å². The molecule has 1 amide bonds. The third-order valence-corrected chi connectivity index (χ3v) is 6.29. The largest absolute Gasteiger partial charge is 0.349 e. The normalized spacial score (nSPS) is 23.3. The number of hydrogen-bond acceptors (Lipinski definition) is 7. The quantitative estimate of drug-likeness (QED) is 0.713. The van der Waals surface area contributed by atoms with Gasteiger partial charge in [0.25, 0.3) is 0 Å². The van der Waals surface area contributed by atoms with Gasteiger partial charge < -0.3 is 5.32 Å². The van der Waals surface area contributed by atoms with E-state index in [0.717, 1.165) is 36.8 Å². The van der Waals surface area contributed by atoms with Crippen molar-refractivity contribution in [2.75, 3.05) is 18.8 Å². The molecule has 2 aliphatic heterocycles. The molecule has 0 unspecified atom stereocenters. The third kappa shape index (κ3) is 5.34. The second-order valence-electron chi connectivity index (χ2n) is 7.21. The number of aromatic nitrogens is 4. The molecule has 0 radical (unpaired) electrons. The summed E-state index contributed by atoms with van der Waals surface area (Å²) in [5.74, 6) is 1.40. The first-order valence-corrected chi connectivity index (χ1v) is 10.8. The molecule has 3 rings (SSSR count). The number of piperidine rings is 1. The van der Waals surface area contributed by atoms with Crippen molar-refractivity contribution in [1.82, 2.24) is 30.4 Å². The van der Waals surface area contributed by atoms with E-state index in [1.165, 1.54) is 18.9 Å². The standard InChI is InChI=1S/C16H26N6O3S/c1-13-4-8-21(9-5-13)11-15-18-19-20-22(15)7-2-3-16(23)17-14-6-10-26(24,25)12-14/h6,10,13-14H,2-5,7-9,11-12H2,1H3,(H,17,23)/t14-/m0/s1. The highest BCUT2D eigenvalue weighted by Gasteiger charge is 2.23. The van der Waals surface area contributed by atoms with Crippen molar-refractivity contribution in [1.29, 1.82) is 0 Å². The second kappa shape index (κ2) is 8.26. The number of tetrazole rings is 1. The lowest BCUT2D eigenvalue weighted by molar-refractivity contribution is -0.121. The minimum Gasteiger partial charge on any atom is -0.349 e. The van der Waals surface area contributed by atoms with E-state index in [4.69, 9.17) is 0 Å². The van der Waals surface area contributed by atoms with Crippen molar-refractivity contribution >= 4 is 15.7 Å². The number of likely N-dealkylation sites (tertiary alicyclic amines) is 1. The Morgan fingerprint density at radius 2 is 2.12 bits per heavy atom. The first-order valence-electron chi connectivity index (χ1n) is 9.09. The zero-order chi connectivity index (χ0) is 18.6. The van der Waals surface area contributed by atoms with E-state index in [-0.39, 0.29) is 11.7 Å². The van der Waals surface area contributed by atoms with Gasteiger partial charge in [-0.2, -0.15) is 0 Å². The van der Waals surface area contributed by atoms with E-state index < -0.39 is 15.9 Å². The van der Waals surface area contributed by atoms with E-state index in [9.17, 15) is 13.2 Å². The lowest BCUT2D eigenvalue weighted by Gasteiger charge is -2.29. The van der Waals surface area contributed by atoms with Crippen LogP contribution in [0.1, 0.15) is 38.4 Å². The van der Waals surface area contributed by atoms with Gasteiger partial charge in [-0.15, -0.1) is 5.10 Å². The summed E-state index contributed by atoms with van der Waals surface area (Å²) in [7, 11) is -3.15. The van der Waals surface area contributed by atoms with Gasteiger partial charge in [0.15, 0.2) is 15.7 Å². The summed E-state index contributed by atoms with van der Waals surface area (Å²) in [6.45, 7) is 5.71. The van der Waals surface area contributed by atoms with Gasteiger partial charge in [-0.25, -0.2) is 13.1 Å². The smallest absolute Gasteiger partial charge is 0.220 e. The SMILES string of the molecule is CC1CCN(Cc2nnnn2CCCC(=O)N[C@H]2C=CS(=O)(=O)C2)CC1. The Kier molecular flexibility index (Phi) is 6.02. The minimum atomic E-state index is -3.15. The Balaban J connectivity index is 1.41. The van der Waals surface area contributed by atoms with Gasteiger partial charge in [-0.3, -0.25) is 9.69 Å². The molecule has 9 nitrogen and oxygen atoms in total. The van der Waals surface area contributed by atoms with E-state index >= 15 is 0 Å². The topological polar surface area (TPSA) is 110 Å². The number of carbonyl (C=O) groups is 1. The molecule has 1 N–H and O–H groups in total. The summed E-state index contributed by atoms with van der Waals surface area (Å²) in [5.41, 5.74) is 0. The van der Waals surface area contributed by atoms with Crippen LogP contribution in [0, 0.1) is 5.92 Å². The maximum Gasteiger partial charge on any atom is 0.220 e. The summed E-state index contributed by atoms with van der Waals surface area (Å²) in [5, 5.41) is 15.8. The molecule has 1 saturated heterocycles. The van der Waals surface area contributed by atoms with Crippen LogP contribution in [-0.2, 0) is 27.7 Å². The monoisotopic (exact) mass is 382 g/mol. The molecule has 0 aromatic carbocycles. The van der Waals surface area contributed by atoms with Crippen LogP contribution in [0.4, 0.5) is 0 Å². The molecular weight excluding hydrogens is 356 g/mol. The average molecular weight is 382 g/mol. The minimum absolute atomic E-state index is 0.0513. The van der Waals surface area contributed by atoms with Crippen LogP contribution >= 0.6 is 0 Å². The molecular formula is C16H26N6O3S. The summed E-state index contributed by atoms with van der Waals surface area (Å²) < 4.78 is 24.4. The number of aryl methyl sites for hydroxylation is 1. The molecule has 1 aromatic rings. The Hall–Kier alpha value is -1.81. The number of hydrogen-bond donors (Lipinski definition) is 1. The number of nitrogens with zero attached hydrogens (tertiary/aromatic N) is 5. The predicted octanol–water partition coefficient (Wildman–Crippen LogP) is 0.112. The van der Waals surface area contributed by atoms with Crippen LogP contribution in [0.5, 0.6) is 0 Å². The molecule has 10 heteroatoms. The molecule has 3 heterocycles. The number of amides is 1. The number of rotatable bonds is 7. The summed E-state index contributed by atoms with van der Waals surface area (Å²) in [6.07, 6.45) is 4.83. The van der Waals surface area contributed by atoms with Gasteiger partial charge >= 0.3 is 0 Å². The van der Waals surface area contributed by atoms with Crippen molar-refractivity contribution in [2.24, 2.45) is 5.92 Å². The first-order chi connectivity index (χ1) is 12.4. The number of nitrogens with one attached hydrogen (secondary N) is 1. The molecule has 26 heavy (non-hydrogen) atoms. The molecule has 2 aliphatic rings. The summed E-state index contributed by atoms with van der Waals surface area (Å²) in [6, 6.07) is -0.419. The fourth-order valence-corrected chi connectivity index (χ4v) is 4.50. The van der Waals surface area contributed by atoms with Gasteiger partial charge in [0.05, 0.1) is 18.3 Å². The number of carbonyl (C=O) groups excluding carboxylic acids is 1. The molecule has 0 saturated carbocycles. The molecule has 1 fully saturated rings. The highest BCUT2D eigenvalue weighted by atomic mass is 32.2. The van der Waals surface area contributed by atoms with Gasteiger partial charge in [-0.05, 0) is 54.8 Å². The van der Waals surface area contributed by atoms with Gasteiger partial charge in [0, 0.05) is 18.4 Å². The van der Waals surface area contributed by atoms with E-state index in [0.29, 0.717) is 19.4 Å². The molecule has 0 spiro atoms. The Bertz CT molecular complexity index is 752.